The Bertz CT molecular complexity index is 564. The average Bonchev–Trinajstić information content (AvgIpc) is 3.46. The molecule has 1 N–H and O–H groups in total. The van der Waals surface area contributed by atoms with Crippen molar-refractivity contribution in [3.05, 3.63) is 24.3 Å². The fraction of sp³-hybridized carbons (Fsp3) is 0.632. The van der Waals surface area contributed by atoms with Crippen LogP contribution in [0.1, 0.15) is 26.7 Å². The van der Waals surface area contributed by atoms with Gasteiger partial charge in [-0.2, -0.15) is 0 Å². The number of amides is 2. The Balaban J connectivity index is 1.66. The SMILES string of the molecule is CCN1CCN(c2ccccc2NC(=O)N(C)C(C)C2CC2)CC1. The van der Waals surface area contributed by atoms with Crippen molar-refractivity contribution in [1.82, 2.24) is 9.80 Å². The van der Waals surface area contributed by atoms with Gasteiger partial charge in [-0.3, -0.25) is 0 Å². The maximum absolute atomic E-state index is 12.6. The Morgan fingerprint density at radius 3 is 2.54 bits per heavy atom. The van der Waals surface area contributed by atoms with Gasteiger partial charge in [0.15, 0.2) is 0 Å². The van der Waals surface area contributed by atoms with Crippen LogP contribution in [0.15, 0.2) is 24.3 Å². The molecule has 1 saturated carbocycles. The summed E-state index contributed by atoms with van der Waals surface area (Å²) in [5.41, 5.74) is 2.05. The lowest BCUT2D eigenvalue weighted by atomic mass is 10.2. The van der Waals surface area contributed by atoms with E-state index in [0.717, 1.165) is 44.1 Å². The number of carbonyl (C=O) groups excluding carboxylic acids is 1. The predicted molar refractivity (Wildman–Crippen MR) is 99.7 cm³/mol. The molecule has 3 rings (SSSR count). The molecule has 2 fully saturated rings. The molecule has 5 heteroatoms. The first kappa shape index (κ1) is 17.1. The first-order valence-corrected chi connectivity index (χ1v) is 9.20. The number of anilines is 2. The van der Waals surface area contributed by atoms with Gasteiger partial charge >= 0.3 is 6.03 Å². The second-order valence-electron chi connectivity index (χ2n) is 7.06. The minimum atomic E-state index is -0.00551. The van der Waals surface area contributed by atoms with E-state index in [9.17, 15) is 4.79 Å². The number of urea groups is 1. The summed E-state index contributed by atoms with van der Waals surface area (Å²) in [6.07, 6.45) is 2.49. The molecule has 1 atom stereocenters. The number of nitrogens with one attached hydrogen (secondary N) is 1. The zero-order chi connectivity index (χ0) is 17.1. The van der Waals surface area contributed by atoms with Crippen molar-refractivity contribution in [1.29, 1.82) is 0 Å². The first-order valence-electron chi connectivity index (χ1n) is 9.20. The summed E-state index contributed by atoms with van der Waals surface area (Å²) >= 11 is 0. The Hall–Kier alpha value is -1.75. The third kappa shape index (κ3) is 3.83. The highest BCUT2D eigenvalue weighted by Crippen LogP contribution is 2.35. The minimum Gasteiger partial charge on any atom is -0.367 e. The predicted octanol–water partition coefficient (Wildman–Crippen LogP) is 3.09. The van der Waals surface area contributed by atoms with Crippen LogP contribution < -0.4 is 10.2 Å². The molecular formula is C19H30N4O. The number of hydrogen-bond donors (Lipinski definition) is 1. The largest absolute Gasteiger partial charge is 0.367 e. The van der Waals surface area contributed by atoms with Crippen molar-refractivity contribution in [3.8, 4) is 0 Å². The number of hydrogen-bond acceptors (Lipinski definition) is 3. The molecule has 24 heavy (non-hydrogen) atoms. The van der Waals surface area contributed by atoms with E-state index in [0.29, 0.717) is 12.0 Å². The molecule has 5 nitrogen and oxygen atoms in total. The molecule has 0 spiro atoms. The van der Waals surface area contributed by atoms with E-state index in [1.807, 2.05) is 30.1 Å². The molecule has 2 amide bonds. The highest BCUT2D eigenvalue weighted by atomic mass is 16.2. The van der Waals surface area contributed by atoms with Crippen LogP contribution in [0.5, 0.6) is 0 Å². The van der Waals surface area contributed by atoms with E-state index in [4.69, 9.17) is 0 Å². The van der Waals surface area contributed by atoms with Gasteiger partial charge in [0.05, 0.1) is 11.4 Å². The first-order chi connectivity index (χ1) is 11.6. The number of nitrogens with zero attached hydrogens (tertiary/aromatic N) is 3. The molecule has 1 aromatic carbocycles. The molecule has 0 aromatic heterocycles. The Morgan fingerprint density at radius 2 is 1.92 bits per heavy atom. The summed E-state index contributed by atoms with van der Waals surface area (Å²) in [4.78, 5) is 19.3. The highest BCUT2D eigenvalue weighted by molar-refractivity contribution is 5.93. The van der Waals surface area contributed by atoms with Crippen LogP contribution in [0, 0.1) is 5.92 Å². The van der Waals surface area contributed by atoms with Gasteiger partial charge in [-0.1, -0.05) is 19.1 Å². The van der Waals surface area contributed by atoms with Gasteiger partial charge in [0, 0.05) is 39.3 Å². The van der Waals surface area contributed by atoms with Crippen molar-refractivity contribution in [2.75, 3.05) is 50.0 Å². The van der Waals surface area contributed by atoms with Crippen LogP contribution in [0.25, 0.3) is 0 Å². The van der Waals surface area contributed by atoms with Crippen molar-refractivity contribution in [2.45, 2.75) is 32.7 Å². The van der Waals surface area contributed by atoms with Gasteiger partial charge in [-0.15, -0.1) is 0 Å². The zero-order valence-corrected chi connectivity index (χ0v) is 15.2. The molecule has 1 saturated heterocycles. The van der Waals surface area contributed by atoms with E-state index < -0.39 is 0 Å². The highest BCUT2D eigenvalue weighted by Gasteiger charge is 2.32. The number of carbonyl (C=O) groups is 1. The lowest BCUT2D eigenvalue weighted by Crippen LogP contribution is -2.46. The summed E-state index contributed by atoms with van der Waals surface area (Å²) in [5.74, 6) is 0.679. The smallest absolute Gasteiger partial charge is 0.321 e. The summed E-state index contributed by atoms with van der Waals surface area (Å²) in [7, 11) is 1.90. The number of para-hydroxylation sites is 2. The van der Waals surface area contributed by atoms with E-state index in [1.54, 1.807) is 0 Å². The Morgan fingerprint density at radius 1 is 1.25 bits per heavy atom. The molecular weight excluding hydrogens is 300 g/mol. The number of likely N-dealkylation sites (N-methyl/N-ethyl adjacent to an activating group) is 1. The molecule has 1 aromatic rings. The fourth-order valence-corrected chi connectivity index (χ4v) is 3.44. The zero-order valence-electron chi connectivity index (χ0n) is 15.2. The maximum atomic E-state index is 12.6. The molecule has 0 radical (unpaired) electrons. The van der Waals surface area contributed by atoms with Gasteiger partial charge in [0.25, 0.3) is 0 Å². The van der Waals surface area contributed by atoms with Gasteiger partial charge in [0.2, 0.25) is 0 Å². The van der Waals surface area contributed by atoms with Crippen LogP contribution in [0.3, 0.4) is 0 Å². The van der Waals surface area contributed by atoms with E-state index >= 15 is 0 Å². The molecule has 132 valence electrons. The van der Waals surface area contributed by atoms with Crippen LogP contribution in [-0.4, -0.2) is 61.6 Å². The van der Waals surface area contributed by atoms with Gasteiger partial charge in [0.1, 0.15) is 0 Å². The van der Waals surface area contributed by atoms with E-state index in [1.165, 1.54) is 12.8 Å². The lowest BCUT2D eigenvalue weighted by Gasteiger charge is -2.36. The fourth-order valence-electron chi connectivity index (χ4n) is 3.44. The topological polar surface area (TPSA) is 38.8 Å². The van der Waals surface area contributed by atoms with Crippen LogP contribution >= 0.6 is 0 Å². The number of piperazine rings is 1. The molecule has 0 bridgehead atoms. The van der Waals surface area contributed by atoms with Crippen LogP contribution in [0.2, 0.25) is 0 Å². The number of rotatable bonds is 5. The van der Waals surface area contributed by atoms with Gasteiger partial charge in [-0.25, -0.2) is 4.79 Å². The monoisotopic (exact) mass is 330 g/mol. The van der Waals surface area contributed by atoms with Crippen molar-refractivity contribution >= 4 is 17.4 Å². The van der Waals surface area contributed by atoms with Crippen molar-refractivity contribution in [3.63, 3.8) is 0 Å². The van der Waals surface area contributed by atoms with Crippen molar-refractivity contribution < 1.29 is 4.79 Å². The summed E-state index contributed by atoms with van der Waals surface area (Å²) < 4.78 is 0. The summed E-state index contributed by atoms with van der Waals surface area (Å²) in [5, 5.41) is 3.13. The van der Waals surface area contributed by atoms with Crippen molar-refractivity contribution in [2.24, 2.45) is 5.92 Å². The molecule has 1 unspecified atom stereocenters. The summed E-state index contributed by atoms with van der Waals surface area (Å²) in [6.45, 7) is 9.64. The molecule has 1 heterocycles. The quantitative estimate of drug-likeness (QED) is 0.902. The van der Waals surface area contributed by atoms with Crippen LogP contribution in [-0.2, 0) is 0 Å². The average molecular weight is 330 g/mol. The minimum absolute atomic E-state index is 0.00551. The van der Waals surface area contributed by atoms with Gasteiger partial charge < -0.3 is 20.0 Å². The Labute approximate surface area is 145 Å². The summed E-state index contributed by atoms with van der Waals surface area (Å²) in [6, 6.07) is 8.47. The second kappa shape index (κ2) is 7.43. The van der Waals surface area contributed by atoms with E-state index in [2.05, 4.69) is 35.0 Å². The Kier molecular flexibility index (Phi) is 5.29. The normalized spacial score (nSPS) is 19.9. The van der Waals surface area contributed by atoms with E-state index in [-0.39, 0.29) is 6.03 Å². The second-order valence-corrected chi connectivity index (χ2v) is 7.06. The van der Waals surface area contributed by atoms with Crippen LogP contribution in [0.4, 0.5) is 16.2 Å². The third-order valence-corrected chi connectivity index (χ3v) is 5.54. The molecule has 2 aliphatic rings. The molecule has 1 aliphatic heterocycles. The lowest BCUT2D eigenvalue weighted by molar-refractivity contribution is 0.201. The number of benzene rings is 1. The molecule has 1 aliphatic carbocycles. The van der Waals surface area contributed by atoms with Gasteiger partial charge in [-0.05, 0) is 44.4 Å². The third-order valence-electron chi connectivity index (χ3n) is 5.54. The maximum Gasteiger partial charge on any atom is 0.321 e. The standard InChI is InChI=1S/C19H30N4O/c1-4-22-11-13-23(14-12-22)18-8-6-5-7-17(18)20-19(24)21(3)15(2)16-9-10-16/h5-8,15-16H,4,9-14H2,1-3H3,(H,20,24).